The zero-order valence-electron chi connectivity index (χ0n) is 9.30. The second-order valence-corrected chi connectivity index (χ2v) is 6.64. The first-order valence-corrected chi connectivity index (χ1v) is 7.59. The van der Waals surface area contributed by atoms with Crippen LogP contribution in [-0.4, -0.2) is 24.1 Å². The van der Waals surface area contributed by atoms with Crippen molar-refractivity contribution < 1.29 is 0 Å². The fourth-order valence-electron chi connectivity index (χ4n) is 0.791. The highest BCUT2D eigenvalue weighted by atomic mass is 33.1. The van der Waals surface area contributed by atoms with Crippen LogP contribution in [0.15, 0.2) is 0 Å². The molecule has 0 aliphatic rings. The Hall–Kier alpha value is 0.660. The number of hydrogen-bond acceptors (Lipinski definition) is 3. The van der Waals surface area contributed by atoms with E-state index in [4.69, 9.17) is 0 Å². The van der Waals surface area contributed by atoms with E-state index in [1.54, 1.807) is 0 Å². The molecule has 0 aromatic carbocycles. The molecule has 0 aliphatic heterocycles. The lowest BCUT2D eigenvalue weighted by Gasteiger charge is -2.07. The van der Waals surface area contributed by atoms with E-state index in [0.717, 1.165) is 12.5 Å². The van der Waals surface area contributed by atoms with Gasteiger partial charge in [-0.05, 0) is 12.3 Å². The Labute approximate surface area is 91.2 Å². The maximum atomic E-state index is 3.41. The molecule has 0 bridgehead atoms. The molecule has 0 rings (SSSR count). The van der Waals surface area contributed by atoms with Crippen molar-refractivity contribution in [2.45, 2.75) is 40.2 Å². The summed E-state index contributed by atoms with van der Waals surface area (Å²) >= 11 is 0. The molecule has 0 heterocycles. The van der Waals surface area contributed by atoms with E-state index in [0.29, 0.717) is 6.04 Å². The molecule has 0 fully saturated rings. The third-order valence-electron chi connectivity index (χ3n) is 1.60. The van der Waals surface area contributed by atoms with E-state index in [-0.39, 0.29) is 0 Å². The molecule has 0 saturated carbocycles. The fraction of sp³-hybridized carbons (Fsp3) is 1.00. The Morgan fingerprint density at radius 2 is 1.62 bits per heavy atom. The van der Waals surface area contributed by atoms with Gasteiger partial charge in [0, 0.05) is 24.1 Å². The predicted octanol–water partition coefficient (Wildman–Crippen LogP) is 3.41. The molecule has 0 amide bonds. The smallest absolute Gasteiger partial charge is 0.0162 e. The van der Waals surface area contributed by atoms with Crippen molar-refractivity contribution in [1.82, 2.24) is 5.32 Å². The highest BCUT2D eigenvalue weighted by molar-refractivity contribution is 8.76. The van der Waals surface area contributed by atoms with Crippen molar-refractivity contribution >= 4 is 21.6 Å². The highest BCUT2D eigenvalue weighted by Crippen LogP contribution is 2.22. The number of rotatable bonds is 8. The molecule has 0 unspecified atom stereocenters. The van der Waals surface area contributed by atoms with Crippen molar-refractivity contribution in [1.29, 1.82) is 0 Å². The summed E-state index contributed by atoms with van der Waals surface area (Å²) < 4.78 is 0. The van der Waals surface area contributed by atoms with Gasteiger partial charge in [-0.2, -0.15) is 0 Å². The van der Waals surface area contributed by atoms with Crippen molar-refractivity contribution in [3.63, 3.8) is 0 Å². The molecular formula is C10H23NS2. The molecule has 0 spiro atoms. The van der Waals surface area contributed by atoms with Gasteiger partial charge < -0.3 is 5.32 Å². The Balaban J connectivity index is 2.92. The normalized spacial score (nSPS) is 11.5. The van der Waals surface area contributed by atoms with Crippen LogP contribution in [-0.2, 0) is 0 Å². The van der Waals surface area contributed by atoms with Crippen molar-refractivity contribution in [3.8, 4) is 0 Å². The van der Waals surface area contributed by atoms with Gasteiger partial charge >= 0.3 is 0 Å². The molecule has 80 valence electrons. The van der Waals surface area contributed by atoms with Crippen molar-refractivity contribution in [2.75, 3.05) is 18.1 Å². The average molecular weight is 221 g/mol. The standard InChI is InChI=1S/C10H23NS2/c1-9(2)5-7-12-13-8-6-11-10(3)4/h9-11H,5-8H2,1-4H3. The van der Waals surface area contributed by atoms with Gasteiger partial charge in [-0.3, -0.25) is 0 Å². The predicted molar refractivity (Wildman–Crippen MR) is 67.5 cm³/mol. The van der Waals surface area contributed by atoms with Crippen LogP contribution in [0.4, 0.5) is 0 Å². The monoisotopic (exact) mass is 221 g/mol. The quantitative estimate of drug-likeness (QED) is 0.498. The Bertz CT molecular complexity index is 93.1. The van der Waals surface area contributed by atoms with Gasteiger partial charge in [-0.1, -0.05) is 49.3 Å². The molecule has 3 heteroatoms. The summed E-state index contributed by atoms with van der Waals surface area (Å²) in [6.45, 7) is 10.1. The summed E-state index contributed by atoms with van der Waals surface area (Å²) in [6.07, 6.45) is 1.34. The Morgan fingerprint density at radius 3 is 2.15 bits per heavy atom. The lowest BCUT2D eigenvalue weighted by molar-refractivity contribution is 0.616. The number of nitrogens with one attached hydrogen (secondary N) is 1. The molecule has 0 aliphatic carbocycles. The molecule has 13 heavy (non-hydrogen) atoms. The minimum absolute atomic E-state index is 0.626. The third-order valence-corrected chi connectivity index (χ3v) is 4.04. The van der Waals surface area contributed by atoms with E-state index in [1.165, 1.54) is 17.9 Å². The molecular weight excluding hydrogens is 198 g/mol. The van der Waals surface area contributed by atoms with Crippen molar-refractivity contribution in [3.05, 3.63) is 0 Å². The molecule has 0 saturated heterocycles. The van der Waals surface area contributed by atoms with E-state index < -0.39 is 0 Å². The highest BCUT2D eigenvalue weighted by Gasteiger charge is 1.95. The zero-order chi connectivity index (χ0) is 10.1. The zero-order valence-corrected chi connectivity index (χ0v) is 10.9. The molecule has 1 nitrogen and oxygen atoms in total. The average Bonchev–Trinajstić information content (AvgIpc) is 2.01. The minimum atomic E-state index is 0.626. The lowest BCUT2D eigenvalue weighted by atomic mass is 10.2. The first kappa shape index (κ1) is 13.7. The summed E-state index contributed by atoms with van der Waals surface area (Å²) in [5.74, 6) is 3.37. The van der Waals surface area contributed by atoms with Crippen LogP contribution < -0.4 is 5.32 Å². The summed E-state index contributed by atoms with van der Waals surface area (Å²) in [5.41, 5.74) is 0. The SMILES string of the molecule is CC(C)CCSSCCNC(C)C. The molecule has 1 N–H and O–H groups in total. The van der Waals surface area contributed by atoms with Gasteiger partial charge in [0.2, 0.25) is 0 Å². The van der Waals surface area contributed by atoms with Crippen LogP contribution in [0.1, 0.15) is 34.1 Å². The summed E-state index contributed by atoms with van der Waals surface area (Å²) in [7, 11) is 4.00. The van der Waals surface area contributed by atoms with Crippen LogP contribution in [0.25, 0.3) is 0 Å². The van der Waals surface area contributed by atoms with Gasteiger partial charge in [-0.15, -0.1) is 0 Å². The second-order valence-electron chi connectivity index (χ2n) is 3.94. The van der Waals surface area contributed by atoms with Gasteiger partial charge in [-0.25, -0.2) is 0 Å². The summed E-state index contributed by atoms with van der Waals surface area (Å²) in [6, 6.07) is 0.626. The maximum Gasteiger partial charge on any atom is 0.0162 e. The maximum absolute atomic E-state index is 3.41. The number of hydrogen-bond donors (Lipinski definition) is 1. The largest absolute Gasteiger partial charge is 0.314 e. The van der Waals surface area contributed by atoms with Crippen molar-refractivity contribution in [2.24, 2.45) is 5.92 Å². The van der Waals surface area contributed by atoms with E-state index in [9.17, 15) is 0 Å². The summed E-state index contributed by atoms with van der Waals surface area (Å²) in [4.78, 5) is 0. The van der Waals surface area contributed by atoms with Crippen LogP contribution in [0.3, 0.4) is 0 Å². The van der Waals surface area contributed by atoms with Crippen LogP contribution >= 0.6 is 21.6 Å². The first-order valence-electron chi connectivity index (χ1n) is 5.10. The molecule has 0 atom stereocenters. The fourth-order valence-corrected chi connectivity index (χ4v) is 3.04. The summed E-state index contributed by atoms with van der Waals surface area (Å²) in [5, 5.41) is 3.41. The van der Waals surface area contributed by atoms with Crippen LogP contribution in [0, 0.1) is 5.92 Å². The molecule has 0 aromatic rings. The van der Waals surface area contributed by atoms with Crippen LogP contribution in [0.2, 0.25) is 0 Å². The second kappa shape index (κ2) is 9.22. The Kier molecular flexibility index (Phi) is 9.69. The van der Waals surface area contributed by atoms with Gasteiger partial charge in [0.25, 0.3) is 0 Å². The first-order chi connectivity index (χ1) is 6.13. The minimum Gasteiger partial charge on any atom is -0.314 e. The lowest BCUT2D eigenvalue weighted by Crippen LogP contribution is -2.24. The van der Waals surface area contributed by atoms with Gasteiger partial charge in [0.05, 0.1) is 0 Å². The van der Waals surface area contributed by atoms with Gasteiger partial charge in [0.15, 0.2) is 0 Å². The van der Waals surface area contributed by atoms with Gasteiger partial charge in [0.1, 0.15) is 0 Å². The van der Waals surface area contributed by atoms with E-state index >= 15 is 0 Å². The molecule has 0 aromatic heterocycles. The Morgan fingerprint density at radius 1 is 1.00 bits per heavy atom. The molecule has 0 radical (unpaired) electrons. The van der Waals surface area contributed by atoms with Crippen LogP contribution in [0.5, 0.6) is 0 Å². The van der Waals surface area contributed by atoms with E-state index in [1.807, 2.05) is 21.6 Å². The topological polar surface area (TPSA) is 12.0 Å². The van der Waals surface area contributed by atoms with E-state index in [2.05, 4.69) is 33.0 Å². The third kappa shape index (κ3) is 12.7.